The lowest BCUT2D eigenvalue weighted by atomic mass is 9.91. The van der Waals surface area contributed by atoms with Crippen molar-refractivity contribution in [2.24, 2.45) is 17.8 Å². The van der Waals surface area contributed by atoms with Gasteiger partial charge >= 0.3 is 5.97 Å². The molecular formula is C14H29NO2. The molecule has 0 aromatic heterocycles. The lowest BCUT2D eigenvalue weighted by Crippen LogP contribution is -2.49. The lowest BCUT2D eigenvalue weighted by Gasteiger charge is -2.30. The van der Waals surface area contributed by atoms with Crippen LogP contribution >= 0.6 is 0 Å². The molecule has 1 unspecified atom stereocenters. The maximum absolute atomic E-state index is 11.7. The van der Waals surface area contributed by atoms with E-state index in [9.17, 15) is 4.79 Å². The van der Waals surface area contributed by atoms with Crippen LogP contribution in [0.5, 0.6) is 0 Å². The summed E-state index contributed by atoms with van der Waals surface area (Å²) in [5.74, 6) is 1.35. The number of hydrogen-bond acceptors (Lipinski definition) is 3. The zero-order valence-corrected chi connectivity index (χ0v) is 12.4. The van der Waals surface area contributed by atoms with Gasteiger partial charge in [0, 0.05) is 6.04 Å². The third kappa shape index (κ3) is 6.06. The van der Waals surface area contributed by atoms with Crippen molar-refractivity contribution in [3.63, 3.8) is 0 Å². The molecule has 0 amide bonds. The quantitative estimate of drug-likeness (QED) is 0.699. The standard InChI is InChI=1S/C14H29NO2/c1-9(2)8-12(14(16)17-7)15-13(10(3)4)11(5)6/h9-13,15H,8H2,1-7H3. The molecule has 0 aromatic rings. The van der Waals surface area contributed by atoms with Crippen molar-refractivity contribution in [1.29, 1.82) is 0 Å². The van der Waals surface area contributed by atoms with Gasteiger partial charge in [-0.15, -0.1) is 0 Å². The van der Waals surface area contributed by atoms with Crippen molar-refractivity contribution in [3.8, 4) is 0 Å². The van der Waals surface area contributed by atoms with Crippen molar-refractivity contribution in [1.82, 2.24) is 5.32 Å². The number of esters is 1. The Morgan fingerprint density at radius 2 is 1.53 bits per heavy atom. The van der Waals surface area contributed by atoms with Crippen molar-refractivity contribution >= 4 is 5.97 Å². The zero-order chi connectivity index (χ0) is 13.6. The molecule has 0 aliphatic rings. The fourth-order valence-corrected chi connectivity index (χ4v) is 2.23. The Kier molecular flexibility index (Phi) is 7.44. The van der Waals surface area contributed by atoms with Gasteiger partial charge in [-0.25, -0.2) is 0 Å². The molecular weight excluding hydrogens is 214 g/mol. The van der Waals surface area contributed by atoms with Crippen LogP contribution in [0, 0.1) is 17.8 Å². The molecule has 0 radical (unpaired) electrons. The van der Waals surface area contributed by atoms with Crippen molar-refractivity contribution in [2.75, 3.05) is 7.11 Å². The van der Waals surface area contributed by atoms with Crippen LogP contribution in [0.4, 0.5) is 0 Å². The molecule has 17 heavy (non-hydrogen) atoms. The SMILES string of the molecule is COC(=O)C(CC(C)C)NC(C(C)C)C(C)C. The molecule has 0 aromatic carbocycles. The summed E-state index contributed by atoms with van der Waals surface area (Å²) in [5, 5.41) is 3.46. The Hall–Kier alpha value is -0.570. The Bertz CT molecular complexity index is 216. The van der Waals surface area contributed by atoms with E-state index in [0.29, 0.717) is 23.8 Å². The van der Waals surface area contributed by atoms with Crippen LogP contribution in [0.3, 0.4) is 0 Å². The molecule has 0 aliphatic heterocycles. The number of rotatable bonds is 7. The molecule has 0 saturated carbocycles. The topological polar surface area (TPSA) is 38.3 Å². The molecule has 0 heterocycles. The average molecular weight is 243 g/mol. The molecule has 0 saturated heterocycles. The summed E-state index contributed by atoms with van der Waals surface area (Å²) < 4.78 is 4.87. The highest BCUT2D eigenvalue weighted by Gasteiger charge is 2.26. The molecule has 0 rings (SSSR count). The number of carbonyl (C=O) groups is 1. The van der Waals surface area contributed by atoms with Crippen LogP contribution < -0.4 is 5.32 Å². The largest absolute Gasteiger partial charge is 0.468 e. The predicted octanol–water partition coefficient (Wildman–Crippen LogP) is 2.84. The first-order valence-electron chi connectivity index (χ1n) is 6.63. The first kappa shape index (κ1) is 16.4. The van der Waals surface area contributed by atoms with Gasteiger partial charge in [0.1, 0.15) is 6.04 Å². The summed E-state index contributed by atoms with van der Waals surface area (Å²) in [4.78, 5) is 11.7. The smallest absolute Gasteiger partial charge is 0.322 e. The van der Waals surface area contributed by atoms with E-state index in [1.165, 1.54) is 7.11 Å². The van der Waals surface area contributed by atoms with Gasteiger partial charge in [-0.3, -0.25) is 4.79 Å². The van der Waals surface area contributed by atoms with Crippen LogP contribution in [0.1, 0.15) is 48.0 Å². The summed E-state index contributed by atoms with van der Waals surface area (Å²) in [7, 11) is 1.46. The van der Waals surface area contributed by atoms with Gasteiger partial charge in [-0.05, 0) is 24.2 Å². The molecule has 102 valence electrons. The molecule has 1 atom stereocenters. The van der Waals surface area contributed by atoms with Crippen LogP contribution in [-0.4, -0.2) is 25.2 Å². The van der Waals surface area contributed by atoms with Crippen LogP contribution in [0.15, 0.2) is 0 Å². The van der Waals surface area contributed by atoms with E-state index in [0.717, 1.165) is 6.42 Å². The van der Waals surface area contributed by atoms with Crippen LogP contribution in [-0.2, 0) is 9.53 Å². The summed E-state index contributed by atoms with van der Waals surface area (Å²) >= 11 is 0. The normalized spacial score (nSPS) is 13.8. The minimum Gasteiger partial charge on any atom is -0.468 e. The van der Waals surface area contributed by atoms with Gasteiger partial charge in [-0.1, -0.05) is 41.5 Å². The lowest BCUT2D eigenvalue weighted by molar-refractivity contribution is -0.144. The zero-order valence-electron chi connectivity index (χ0n) is 12.4. The highest BCUT2D eigenvalue weighted by molar-refractivity contribution is 5.75. The van der Waals surface area contributed by atoms with E-state index in [2.05, 4.69) is 46.9 Å². The first-order valence-corrected chi connectivity index (χ1v) is 6.63. The minimum atomic E-state index is -0.185. The van der Waals surface area contributed by atoms with Gasteiger partial charge in [0.05, 0.1) is 7.11 Å². The van der Waals surface area contributed by atoms with Gasteiger partial charge in [0.2, 0.25) is 0 Å². The molecule has 0 bridgehead atoms. The van der Waals surface area contributed by atoms with Gasteiger partial charge in [0.15, 0.2) is 0 Å². The average Bonchev–Trinajstić information content (AvgIpc) is 2.21. The Labute approximate surface area is 106 Å². The van der Waals surface area contributed by atoms with E-state index < -0.39 is 0 Å². The van der Waals surface area contributed by atoms with Gasteiger partial charge in [-0.2, -0.15) is 0 Å². The maximum atomic E-state index is 11.7. The first-order chi connectivity index (χ1) is 7.79. The monoisotopic (exact) mass is 243 g/mol. The van der Waals surface area contributed by atoms with E-state index in [4.69, 9.17) is 4.74 Å². The molecule has 3 nitrogen and oxygen atoms in total. The van der Waals surface area contributed by atoms with Crippen LogP contribution in [0.2, 0.25) is 0 Å². The fraction of sp³-hybridized carbons (Fsp3) is 0.929. The molecule has 0 aliphatic carbocycles. The number of carbonyl (C=O) groups excluding carboxylic acids is 1. The number of methoxy groups -OCH3 is 1. The number of hydrogen-bond donors (Lipinski definition) is 1. The van der Waals surface area contributed by atoms with E-state index >= 15 is 0 Å². The molecule has 0 spiro atoms. The van der Waals surface area contributed by atoms with Crippen molar-refractivity contribution in [3.05, 3.63) is 0 Å². The highest BCUT2D eigenvalue weighted by atomic mass is 16.5. The van der Waals surface area contributed by atoms with E-state index in [1.807, 2.05) is 0 Å². The Morgan fingerprint density at radius 3 is 1.82 bits per heavy atom. The summed E-state index contributed by atoms with van der Waals surface area (Å²) in [6.07, 6.45) is 0.822. The molecule has 0 fully saturated rings. The summed E-state index contributed by atoms with van der Waals surface area (Å²) in [6, 6.07) is 0.160. The predicted molar refractivity (Wildman–Crippen MR) is 71.9 cm³/mol. The van der Waals surface area contributed by atoms with Gasteiger partial charge < -0.3 is 10.1 Å². The molecule has 3 heteroatoms. The minimum absolute atomic E-state index is 0.148. The number of nitrogens with one attached hydrogen (secondary N) is 1. The van der Waals surface area contributed by atoms with Crippen LogP contribution in [0.25, 0.3) is 0 Å². The van der Waals surface area contributed by atoms with E-state index in [1.54, 1.807) is 0 Å². The third-order valence-electron chi connectivity index (χ3n) is 3.02. The second-order valence-corrected chi connectivity index (χ2v) is 5.89. The third-order valence-corrected chi connectivity index (χ3v) is 3.02. The second-order valence-electron chi connectivity index (χ2n) is 5.89. The summed E-state index contributed by atoms with van der Waals surface area (Å²) in [5.41, 5.74) is 0. The van der Waals surface area contributed by atoms with Crippen molar-refractivity contribution in [2.45, 2.75) is 60.0 Å². The fourth-order valence-electron chi connectivity index (χ4n) is 2.23. The maximum Gasteiger partial charge on any atom is 0.322 e. The second kappa shape index (κ2) is 7.70. The van der Waals surface area contributed by atoms with Crippen molar-refractivity contribution < 1.29 is 9.53 Å². The van der Waals surface area contributed by atoms with E-state index in [-0.39, 0.29) is 12.0 Å². The Morgan fingerprint density at radius 1 is 1.06 bits per heavy atom. The number of ether oxygens (including phenoxy) is 1. The van der Waals surface area contributed by atoms with Gasteiger partial charge in [0.25, 0.3) is 0 Å². The Balaban J connectivity index is 4.64. The summed E-state index contributed by atoms with van der Waals surface area (Å²) in [6.45, 7) is 13.0. The highest BCUT2D eigenvalue weighted by Crippen LogP contribution is 2.15. The molecule has 1 N–H and O–H groups in total.